The Morgan fingerprint density at radius 2 is 1.27 bits per heavy atom. The van der Waals surface area contributed by atoms with Crippen LogP contribution in [0.15, 0.2) is 24.3 Å². The molecule has 1 rings (SSSR count). The second kappa shape index (κ2) is 13.9. The number of carbonyl (C=O) groups is 1. The van der Waals surface area contributed by atoms with Crippen molar-refractivity contribution in [3.8, 4) is 0 Å². The number of aryl methyl sites for hydroxylation is 1. The highest BCUT2D eigenvalue weighted by Crippen LogP contribution is 2.06. The van der Waals surface area contributed by atoms with Gasteiger partial charge in [-0.25, -0.2) is 0 Å². The van der Waals surface area contributed by atoms with Gasteiger partial charge in [0.25, 0.3) is 0 Å². The van der Waals surface area contributed by atoms with Crippen LogP contribution in [-0.4, -0.2) is 42.6 Å². The van der Waals surface area contributed by atoms with Gasteiger partial charge in [0.15, 0.2) is 0 Å². The summed E-state index contributed by atoms with van der Waals surface area (Å²) in [6, 6.07) is 5.90. The minimum Gasteiger partial charge on any atom is -0.303 e. The summed E-state index contributed by atoms with van der Waals surface area (Å²) in [6.45, 7) is 12.6. The van der Waals surface area contributed by atoms with Gasteiger partial charge in [-0.1, -0.05) is 57.7 Å². The van der Waals surface area contributed by atoms with Crippen molar-refractivity contribution in [2.45, 2.75) is 66.2 Å². The SMILES string of the molecule is CCCCN(CCCC)CCCC.Cc1ccc(C(=O)S(=O)(=O)O)cc1. The lowest BCUT2D eigenvalue weighted by molar-refractivity contribution is 0.106. The predicted octanol–water partition coefficient (Wildman–Crippen LogP) is 4.71. The third kappa shape index (κ3) is 11.4. The van der Waals surface area contributed by atoms with Crippen LogP contribution in [0.3, 0.4) is 0 Å². The van der Waals surface area contributed by atoms with E-state index in [9.17, 15) is 13.2 Å². The predicted molar refractivity (Wildman–Crippen MR) is 108 cm³/mol. The average Bonchev–Trinajstić information content (AvgIpc) is 2.61. The minimum atomic E-state index is -4.61. The largest absolute Gasteiger partial charge is 0.333 e. The number of benzene rings is 1. The van der Waals surface area contributed by atoms with E-state index in [1.807, 2.05) is 6.92 Å². The lowest BCUT2D eigenvalue weighted by atomic mass is 10.2. The fourth-order valence-electron chi connectivity index (χ4n) is 2.32. The quantitative estimate of drug-likeness (QED) is 0.590. The molecule has 6 heteroatoms. The molecule has 0 heterocycles. The Kier molecular flexibility index (Phi) is 13.2. The van der Waals surface area contributed by atoms with Crippen LogP contribution in [0, 0.1) is 6.92 Å². The molecule has 0 unspecified atom stereocenters. The van der Waals surface area contributed by atoms with Crippen LogP contribution < -0.4 is 0 Å². The van der Waals surface area contributed by atoms with Gasteiger partial charge in [-0.3, -0.25) is 9.35 Å². The number of unbranched alkanes of at least 4 members (excludes halogenated alkanes) is 3. The molecule has 150 valence electrons. The third-order valence-electron chi connectivity index (χ3n) is 4.01. The van der Waals surface area contributed by atoms with Crippen molar-refractivity contribution < 1.29 is 17.8 Å². The van der Waals surface area contributed by atoms with Crippen LogP contribution in [0.25, 0.3) is 0 Å². The molecular formula is C20H35NO4S. The van der Waals surface area contributed by atoms with E-state index in [0.717, 1.165) is 5.56 Å². The molecule has 0 spiro atoms. The lowest BCUT2D eigenvalue weighted by Gasteiger charge is -2.21. The first-order valence-electron chi connectivity index (χ1n) is 9.57. The van der Waals surface area contributed by atoms with Crippen LogP contribution >= 0.6 is 0 Å². The molecule has 0 saturated carbocycles. The second-order valence-electron chi connectivity index (χ2n) is 6.53. The summed E-state index contributed by atoms with van der Waals surface area (Å²) >= 11 is 0. The zero-order valence-electron chi connectivity index (χ0n) is 16.7. The fourth-order valence-corrected chi connectivity index (χ4v) is 2.75. The summed E-state index contributed by atoms with van der Waals surface area (Å²) in [5.41, 5.74) is 0.875. The summed E-state index contributed by atoms with van der Waals surface area (Å²) in [7, 11) is -4.61. The van der Waals surface area contributed by atoms with E-state index in [4.69, 9.17) is 4.55 Å². The standard InChI is InChI=1S/C12H27N.C8H8O4S/c1-4-7-10-13(11-8-5-2)12-9-6-3;1-6-2-4-7(5-3-6)8(9)13(10,11)12/h4-12H2,1-3H3;2-5H,1H3,(H,10,11,12). The van der Waals surface area contributed by atoms with Gasteiger partial charge in [-0.05, 0) is 58.0 Å². The molecule has 5 nitrogen and oxygen atoms in total. The number of hydrogen-bond donors (Lipinski definition) is 1. The molecule has 1 aromatic rings. The summed E-state index contributed by atoms with van der Waals surface area (Å²) < 4.78 is 29.3. The highest BCUT2D eigenvalue weighted by atomic mass is 32.2. The lowest BCUT2D eigenvalue weighted by Crippen LogP contribution is -2.27. The fraction of sp³-hybridized carbons (Fsp3) is 0.650. The van der Waals surface area contributed by atoms with Gasteiger partial charge in [0.2, 0.25) is 0 Å². The average molecular weight is 386 g/mol. The summed E-state index contributed by atoms with van der Waals surface area (Å²) in [6.07, 6.45) is 8.09. The van der Waals surface area contributed by atoms with Crippen molar-refractivity contribution in [1.82, 2.24) is 4.90 Å². The van der Waals surface area contributed by atoms with E-state index < -0.39 is 15.2 Å². The van der Waals surface area contributed by atoms with Crippen LogP contribution in [0.5, 0.6) is 0 Å². The summed E-state index contributed by atoms with van der Waals surface area (Å²) in [5, 5.41) is -1.27. The third-order valence-corrected chi connectivity index (χ3v) is 4.71. The van der Waals surface area contributed by atoms with E-state index >= 15 is 0 Å². The molecule has 0 fully saturated rings. The molecule has 0 aromatic heterocycles. The molecule has 0 radical (unpaired) electrons. The first-order chi connectivity index (χ1) is 12.3. The molecule has 0 aliphatic heterocycles. The van der Waals surface area contributed by atoms with Crippen LogP contribution in [0.2, 0.25) is 0 Å². The molecule has 0 aliphatic rings. The van der Waals surface area contributed by atoms with Gasteiger partial charge in [-0.15, -0.1) is 0 Å². The monoisotopic (exact) mass is 385 g/mol. The minimum absolute atomic E-state index is 0.0342. The molecule has 0 amide bonds. The summed E-state index contributed by atoms with van der Waals surface area (Å²) in [5.74, 6) is 0. The smallest absolute Gasteiger partial charge is 0.303 e. The van der Waals surface area contributed by atoms with E-state index in [1.54, 1.807) is 12.1 Å². The van der Waals surface area contributed by atoms with E-state index in [1.165, 1.54) is 70.3 Å². The number of carbonyl (C=O) groups excluding carboxylic acids is 1. The van der Waals surface area contributed by atoms with E-state index in [0.29, 0.717) is 0 Å². The van der Waals surface area contributed by atoms with Crippen molar-refractivity contribution in [3.05, 3.63) is 35.4 Å². The van der Waals surface area contributed by atoms with Crippen molar-refractivity contribution in [1.29, 1.82) is 0 Å². The number of nitrogens with zero attached hydrogens (tertiary/aromatic N) is 1. The van der Waals surface area contributed by atoms with Gasteiger partial charge < -0.3 is 4.90 Å². The Balaban J connectivity index is 0.000000481. The van der Waals surface area contributed by atoms with Crippen LogP contribution in [-0.2, 0) is 10.1 Å². The zero-order chi connectivity index (χ0) is 20.0. The Labute approximate surface area is 159 Å². The van der Waals surface area contributed by atoms with Crippen molar-refractivity contribution in [2.75, 3.05) is 19.6 Å². The van der Waals surface area contributed by atoms with Crippen molar-refractivity contribution >= 4 is 15.2 Å². The van der Waals surface area contributed by atoms with Crippen LogP contribution in [0.1, 0.15) is 75.2 Å². The second-order valence-corrected chi connectivity index (χ2v) is 7.85. The molecule has 1 N–H and O–H groups in total. The molecular weight excluding hydrogens is 350 g/mol. The first-order valence-corrected chi connectivity index (χ1v) is 11.0. The molecule has 26 heavy (non-hydrogen) atoms. The highest BCUT2D eigenvalue weighted by molar-refractivity contribution is 8.01. The van der Waals surface area contributed by atoms with Gasteiger partial charge >= 0.3 is 15.2 Å². The van der Waals surface area contributed by atoms with Crippen molar-refractivity contribution in [2.24, 2.45) is 0 Å². The Bertz CT molecular complexity index is 578. The molecule has 0 atom stereocenters. The Morgan fingerprint density at radius 3 is 1.58 bits per heavy atom. The van der Waals surface area contributed by atoms with Gasteiger partial charge in [0.1, 0.15) is 0 Å². The first kappa shape index (κ1) is 24.8. The van der Waals surface area contributed by atoms with Crippen LogP contribution in [0.4, 0.5) is 0 Å². The topological polar surface area (TPSA) is 74.7 Å². The van der Waals surface area contributed by atoms with Crippen molar-refractivity contribution in [3.63, 3.8) is 0 Å². The normalized spacial score (nSPS) is 11.2. The Morgan fingerprint density at radius 1 is 0.885 bits per heavy atom. The molecule has 0 bridgehead atoms. The van der Waals surface area contributed by atoms with Gasteiger partial charge in [0, 0.05) is 5.56 Å². The van der Waals surface area contributed by atoms with Gasteiger partial charge in [-0.2, -0.15) is 8.42 Å². The highest BCUT2D eigenvalue weighted by Gasteiger charge is 2.19. The molecule has 1 aromatic carbocycles. The maximum atomic E-state index is 10.9. The van der Waals surface area contributed by atoms with E-state index in [2.05, 4.69) is 25.7 Å². The zero-order valence-corrected chi connectivity index (χ0v) is 17.5. The summed E-state index contributed by atoms with van der Waals surface area (Å²) in [4.78, 5) is 13.6. The number of rotatable bonds is 10. The molecule has 0 saturated heterocycles. The van der Waals surface area contributed by atoms with E-state index in [-0.39, 0.29) is 5.56 Å². The maximum absolute atomic E-state index is 10.9. The Hall–Kier alpha value is -1.24. The molecule has 0 aliphatic carbocycles. The van der Waals surface area contributed by atoms with Gasteiger partial charge in [0.05, 0.1) is 0 Å². The number of hydrogen-bond acceptors (Lipinski definition) is 4. The maximum Gasteiger partial charge on any atom is 0.333 e.